The molecule has 3 heterocycles. The predicted molar refractivity (Wildman–Crippen MR) is 124 cm³/mol. The number of nitrogens with zero attached hydrogens (tertiary/aromatic N) is 4. The summed E-state index contributed by atoms with van der Waals surface area (Å²) in [5.41, 5.74) is 0.575. The van der Waals surface area contributed by atoms with Crippen molar-refractivity contribution < 1.29 is 17.9 Å². The van der Waals surface area contributed by atoms with Crippen LogP contribution in [0.1, 0.15) is 52.0 Å². The Morgan fingerprint density at radius 2 is 1.76 bits per heavy atom. The molecule has 0 bridgehead atoms. The number of hydrogen-bond acceptors (Lipinski definition) is 6. The largest absolute Gasteiger partial charge is 0.379 e. The van der Waals surface area contributed by atoms with Crippen LogP contribution in [-0.4, -0.2) is 38.8 Å². The van der Waals surface area contributed by atoms with Gasteiger partial charge in [-0.2, -0.15) is 4.98 Å². The molecule has 182 valence electrons. The fourth-order valence-corrected chi connectivity index (χ4v) is 5.01. The van der Waals surface area contributed by atoms with Gasteiger partial charge in [-0.15, -0.1) is 0 Å². The molecule has 1 saturated heterocycles. The summed E-state index contributed by atoms with van der Waals surface area (Å²) in [6.07, 6.45) is 6.81. The number of imidazole rings is 1. The van der Waals surface area contributed by atoms with E-state index in [2.05, 4.69) is 34.4 Å². The molecule has 2 aromatic heterocycles. The average molecular weight is 475 g/mol. The van der Waals surface area contributed by atoms with Crippen LogP contribution in [0.2, 0.25) is 0 Å². The van der Waals surface area contributed by atoms with Gasteiger partial charge in [-0.25, -0.2) is 23.1 Å². The number of anilines is 3. The van der Waals surface area contributed by atoms with Crippen LogP contribution >= 0.6 is 0 Å². The molecule has 34 heavy (non-hydrogen) atoms. The van der Waals surface area contributed by atoms with Crippen molar-refractivity contribution in [3.8, 4) is 0 Å². The fourth-order valence-electron chi connectivity index (χ4n) is 5.01. The van der Waals surface area contributed by atoms with Crippen LogP contribution in [0.15, 0.2) is 18.3 Å². The quantitative estimate of drug-likeness (QED) is 0.486. The van der Waals surface area contributed by atoms with Gasteiger partial charge in [0.2, 0.25) is 11.9 Å². The molecule has 0 spiro atoms. The highest BCUT2D eigenvalue weighted by molar-refractivity contribution is 5.76. The van der Waals surface area contributed by atoms with Gasteiger partial charge < -0.3 is 15.4 Å². The van der Waals surface area contributed by atoms with E-state index in [9.17, 15) is 13.2 Å². The van der Waals surface area contributed by atoms with Gasteiger partial charge in [0.25, 0.3) is 0 Å². The van der Waals surface area contributed by atoms with Crippen molar-refractivity contribution in [3.63, 3.8) is 0 Å². The Hall–Kier alpha value is -2.88. The number of benzene rings is 1. The number of fused-ring (bicyclic) bond motifs is 1. The van der Waals surface area contributed by atoms with Crippen molar-refractivity contribution in [2.75, 3.05) is 23.8 Å². The van der Waals surface area contributed by atoms with Crippen LogP contribution < -0.4 is 10.6 Å². The van der Waals surface area contributed by atoms with E-state index in [-0.39, 0.29) is 12.0 Å². The SMILES string of the molecule is CC(C)C1CCC(Nc2ncc3nc(Nc4c(F)cc(F)cc4F)n(C4CCOC4)c3n2)CC1. The van der Waals surface area contributed by atoms with E-state index in [1.54, 1.807) is 10.8 Å². The highest BCUT2D eigenvalue weighted by atomic mass is 19.1. The Labute approximate surface area is 196 Å². The van der Waals surface area contributed by atoms with E-state index in [1.807, 2.05) is 0 Å². The third-order valence-corrected chi connectivity index (χ3v) is 7.00. The molecule has 1 unspecified atom stereocenters. The second-order valence-electron chi connectivity index (χ2n) is 9.59. The van der Waals surface area contributed by atoms with E-state index in [0.717, 1.165) is 18.8 Å². The monoisotopic (exact) mass is 474 g/mol. The fraction of sp³-hybridized carbons (Fsp3) is 0.542. The van der Waals surface area contributed by atoms with Crippen LogP contribution in [0.3, 0.4) is 0 Å². The maximum atomic E-state index is 14.3. The Morgan fingerprint density at radius 1 is 1.03 bits per heavy atom. The number of rotatable bonds is 6. The van der Waals surface area contributed by atoms with Gasteiger partial charge >= 0.3 is 0 Å². The van der Waals surface area contributed by atoms with E-state index >= 15 is 0 Å². The topological polar surface area (TPSA) is 76.9 Å². The van der Waals surface area contributed by atoms with Crippen molar-refractivity contribution >= 4 is 28.7 Å². The molecular weight excluding hydrogens is 445 g/mol. The number of hydrogen-bond donors (Lipinski definition) is 2. The van der Waals surface area contributed by atoms with Gasteiger partial charge in [0.1, 0.15) is 17.0 Å². The highest BCUT2D eigenvalue weighted by Gasteiger charge is 2.27. The second-order valence-corrected chi connectivity index (χ2v) is 9.59. The molecule has 1 aliphatic carbocycles. The van der Waals surface area contributed by atoms with Crippen LogP contribution in [0.25, 0.3) is 11.2 Å². The summed E-state index contributed by atoms with van der Waals surface area (Å²) in [7, 11) is 0. The molecule has 3 aromatic rings. The Bertz CT molecular complexity index is 1150. The van der Waals surface area contributed by atoms with E-state index in [0.29, 0.717) is 60.8 Å². The van der Waals surface area contributed by atoms with Gasteiger partial charge in [0.05, 0.1) is 18.8 Å². The first-order valence-electron chi connectivity index (χ1n) is 11.9. The molecule has 0 amide bonds. The lowest BCUT2D eigenvalue weighted by molar-refractivity contribution is 0.187. The van der Waals surface area contributed by atoms with Crippen molar-refractivity contribution in [1.29, 1.82) is 0 Å². The van der Waals surface area contributed by atoms with Crippen LogP contribution in [0, 0.1) is 29.3 Å². The summed E-state index contributed by atoms with van der Waals surface area (Å²) in [4.78, 5) is 13.7. The number of nitrogens with one attached hydrogen (secondary N) is 2. The van der Waals surface area contributed by atoms with Crippen molar-refractivity contribution in [1.82, 2.24) is 19.5 Å². The molecular formula is C24H29F3N6O. The molecule has 1 aliphatic heterocycles. The zero-order valence-electron chi connectivity index (χ0n) is 19.3. The van der Waals surface area contributed by atoms with Gasteiger partial charge in [0.15, 0.2) is 17.3 Å². The van der Waals surface area contributed by atoms with Crippen molar-refractivity contribution in [3.05, 3.63) is 35.8 Å². The van der Waals surface area contributed by atoms with Crippen molar-refractivity contribution in [2.45, 2.75) is 58.0 Å². The first-order valence-corrected chi connectivity index (χ1v) is 11.9. The van der Waals surface area contributed by atoms with E-state index in [1.165, 1.54) is 12.8 Å². The van der Waals surface area contributed by atoms with Gasteiger partial charge in [0, 0.05) is 24.8 Å². The molecule has 0 radical (unpaired) electrons. The zero-order valence-corrected chi connectivity index (χ0v) is 19.3. The van der Waals surface area contributed by atoms with Gasteiger partial charge in [-0.05, 0) is 43.9 Å². The van der Waals surface area contributed by atoms with Gasteiger partial charge in [-0.3, -0.25) is 4.57 Å². The molecule has 1 saturated carbocycles. The minimum atomic E-state index is -1.04. The van der Waals surface area contributed by atoms with E-state index in [4.69, 9.17) is 9.72 Å². The summed E-state index contributed by atoms with van der Waals surface area (Å²) < 4.78 is 49.4. The van der Waals surface area contributed by atoms with Crippen LogP contribution in [0.4, 0.5) is 30.8 Å². The lowest BCUT2D eigenvalue weighted by atomic mass is 9.80. The van der Waals surface area contributed by atoms with Crippen LogP contribution in [0.5, 0.6) is 0 Å². The lowest BCUT2D eigenvalue weighted by Crippen LogP contribution is -2.28. The minimum Gasteiger partial charge on any atom is -0.379 e. The normalized spacial score (nSPS) is 23.1. The second kappa shape index (κ2) is 9.40. The Balaban J connectivity index is 1.45. The van der Waals surface area contributed by atoms with E-state index < -0.39 is 23.1 Å². The Morgan fingerprint density at radius 3 is 2.41 bits per heavy atom. The number of halogens is 3. The number of aromatic nitrogens is 4. The van der Waals surface area contributed by atoms with Gasteiger partial charge in [-0.1, -0.05) is 13.8 Å². The predicted octanol–water partition coefficient (Wildman–Crippen LogP) is 5.58. The molecule has 1 aromatic carbocycles. The Kier molecular flexibility index (Phi) is 6.33. The molecule has 2 N–H and O–H groups in total. The summed E-state index contributed by atoms with van der Waals surface area (Å²) in [5, 5.41) is 6.17. The maximum Gasteiger partial charge on any atom is 0.224 e. The van der Waals surface area contributed by atoms with Crippen LogP contribution in [-0.2, 0) is 4.74 Å². The standard InChI is InChI=1S/C24H29F3N6O/c1-13(2)14-3-5-16(6-4-14)29-23-28-11-20-22(32-23)33(17-7-8-34-12-17)24(30-20)31-21-18(26)9-15(25)10-19(21)27/h9-11,13-14,16-17H,3-8,12H2,1-2H3,(H,30,31)(H,28,29,32). The minimum absolute atomic E-state index is 0.108. The zero-order chi connectivity index (χ0) is 23.8. The average Bonchev–Trinajstić information content (AvgIpc) is 3.43. The lowest BCUT2D eigenvalue weighted by Gasteiger charge is -2.31. The molecule has 2 fully saturated rings. The summed E-state index contributed by atoms with van der Waals surface area (Å²) in [5.74, 6) is -0.898. The molecule has 5 rings (SSSR count). The molecule has 10 heteroatoms. The third kappa shape index (κ3) is 4.55. The first kappa shape index (κ1) is 22.9. The number of ether oxygens (including phenoxy) is 1. The maximum absolute atomic E-state index is 14.3. The molecule has 7 nitrogen and oxygen atoms in total. The smallest absolute Gasteiger partial charge is 0.224 e. The summed E-state index contributed by atoms with van der Waals surface area (Å²) in [6.45, 7) is 5.55. The molecule has 2 aliphatic rings. The summed E-state index contributed by atoms with van der Waals surface area (Å²) in [6, 6.07) is 1.46. The first-order chi connectivity index (χ1) is 16.4. The highest BCUT2D eigenvalue weighted by Crippen LogP contribution is 2.33. The molecule has 1 atom stereocenters. The summed E-state index contributed by atoms with van der Waals surface area (Å²) >= 11 is 0. The third-order valence-electron chi connectivity index (χ3n) is 7.00. The van der Waals surface area contributed by atoms with Crippen molar-refractivity contribution in [2.24, 2.45) is 11.8 Å².